The quantitative estimate of drug-likeness (QED) is 0.214. The average molecular weight is 552 g/mol. The van der Waals surface area contributed by atoms with E-state index in [4.69, 9.17) is 14.4 Å². The second-order valence-corrected chi connectivity index (χ2v) is 10.5. The fourth-order valence-electron chi connectivity index (χ4n) is 5.62. The normalized spacial score (nSPS) is 11.3. The van der Waals surface area contributed by atoms with E-state index < -0.39 is 0 Å². The number of benzene rings is 5. The molecule has 3 aromatic heterocycles. The van der Waals surface area contributed by atoms with Gasteiger partial charge in [-0.1, -0.05) is 84.9 Å². The molecule has 0 radical (unpaired) electrons. The number of aromatic nitrogens is 3. The highest BCUT2D eigenvalue weighted by molar-refractivity contribution is 6.06. The van der Waals surface area contributed by atoms with Crippen LogP contribution >= 0.6 is 0 Å². The molecular formula is C39H25N3O. The van der Waals surface area contributed by atoms with E-state index in [9.17, 15) is 0 Å². The van der Waals surface area contributed by atoms with Gasteiger partial charge in [-0.05, 0) is 76.9 Å². The van der Waals surface area contributed by atoms with Crippen LogP contribution in [-0.4, -0.2) is 15.0 Å². The molecule has 0 unspecified atom stereocenters. The Kier molecular flexibility index (Phi) is 6.08. The molecule has 0 bridgehead atoms. The lowest BCUT2D eigenvalue weighted by atomic mass is 9.94. The number of para-hydroxylation sites is 1. The van der Waals surface area contributed by atoms with Gasteiger partial charge in [-0.2, -0.15) is 0 Å². The third-order valence-electron chi connectivity index (χ3n) is 7.76. The minimum Gasteiger partial charge on any atom is -0.456 e. The second-order valence-electron chi connectivity index (χ2n) is 10.5. The van der Waals surface area contributed by atoms with Gasteiger partial charge in [0.25, 0.3) is 0 Å². The lowest BCUT2D eigenvalue weighted by Crippen LogP contribution is -1.96. The molecule has 0 fully saturated rings. The summed E-state index contributed by atoms with van der Waals surface area (Å²) in [5, 5.41) is 2.22. The predicted octanol–water partition coefficient (Wildman–Crippen LogP) is 10.1. The van der Waals surface area contributed by atoms with E-state index >= 15 is 0 Å². The zero-order chi connectivity index (χ0) is 28.6. The summed E-state index contributed by atoms with van der Waals surface area (Å²) >= 11 is 0. The molecular weight excluding hydrogens is 526 g/mol. The van der Waals surface area contributed by atoms with E-state index in [1.54, 1.807) is 6.20 Å². The fourth-order valence-corrected chi connectivity index (χ4v) is 5.62. The fraction of sp³-hybridized carbons (Fsp3) is 0. The highest BCUT2D eigenvalue weighted by atomic mass is 16.3. The van der Waals surface area contributed by atoms with Crippen molar-refractivity contribution in [2.75, 3.05) is 0 Å². The summed E-state index contributed by atoms with van der Waals surface area (Å²) in [4.78, 5) is 14.4. The molecule has 8 rings (SSSR count). The van der Waals surface area contributed by atoms with E-state index in [1.807, 2.05) is 54.7 Å². The van der Waals surface area contributed by atoms with Crippen molar-refractivity contribution in [3.8, 4) is 56.2 Å². The second kappa shape index (κ2) is 10.5. The molecule has 4 heteroatoms. The van der Waals surface area contributed by atoms with E-state index in [1.165, 1.54) is 0 Å². The molecule has 5 aromatic carbocycles. The van der Waals surface area contributed by atoms with Gasteiger partial charge in [0.05, 0.1) is 11.4 Å². The van der Waals surface area contributed by atoms with E-state index in [-0.39, 0.29) is 0 Å². The van der Waals surface area contributed by atoms with E-state index in [0.29, 0.717) is 5.82 Å². The maximum atomic E-state index is 6.12. The molecule has 0 saturated carbocycles. The molecule has 3 heterocycles. The van der Waals surface area contributed by atoms with Crippen molar-refractivity contribution < 1.29 is 4.42 Å². The highest BCUT2D eigenvalue weighted by Gasteiger charge is 2.15. The SMILES string of the molecule is c1ccc(-c2cc(-c3ccc4oc5ccccc5c4c3)cc(-c3cc(-c4ccccc4)nc(-c4cccnc4)n3)c2)cc1. The highest BCUT2D eigenvalue weighted by Crippen LogP contribution is 2.37. The van der Waals surface area contributed by atoms with Crippen LogP contribution in [0, 0.1) is 0 Å². The largest absolute Gasteiger partial charge is 0.456 e. The summed E-state index contributed by atoms with van der Waals surface area (Å²) in [7, 11) is 0. The van der Waals surface area contributed by atoms with Crippen LogP contribution in [-0.2, 0) is 0 Å². The van der Waals surface area contributed by atoms with E-state index in [2.05, 4.69) is 96.0 Å². The Morgan fingerprint density at radius 1 is 0.395 bits per heavy atom. The third kappa shape index (κ3) is 4.75. The van der Waals surface area contributed by atoms with Gasteiger partial charge < -0.3 is 4.42 Å². The zero-order valence-corrected chi connectivity index (χ0v) is 23.2. The average Bonchev–Trinajstić information content (AvgIpc) is 3.47. The molecule has 43 heavy (non-hydrogen) atoms. The molecule has 0 spiro atoms. The Morgan fingerprint density at radius 2 is 1.02 bits per heavy atom. The number of furan rings is 1. The molecule has 8 aromatic rings. The van der Waals surface area contributed by atoms with Crippen molar-refractivity contribution >= 4 is 21.9 Å². The van der Waals surface area contributed by atoms with E-state index in [0.717, 1.165) is 72.3 Å². The molecule has 4 nitrogen and oxygen atoms in total. The molecule has 0 N–H and O–H groups in total. The first-order chi connectivity index (χ1) is 21.3. The Hall–Kier alpha value is -5.87. The van der Waals surface area contributed by atoms with Crippen molar-refractivity contribution in [3.63, 3.8) is 0 Å². The van der Waals surface area contributed by atoms with Gasteiger partial charge in [0.2, 0.25) is 0 Å². The minimum atomic E-state index is 0.641. The number of fused-ring (bicyclic) bond motifs is 3. The number of rotatable bonds is 5. The van der Waals surface area contributed by atoms with Gasteiger partial charge >= 0.3 is 0 Å². The van der Waals surface area contributed by atoms with Gasteiger partial charge in [-0.25, -0.2) is 9.97 Å². The molecule has 0 aliphatic carbocycles. The van der Waals surface area contributed by atoms with Gasteiger partial charge in [-0.3, -0.25) is 4.98 Å². The molecule has 0 aliphatic heterocycles. The number of hydrogen-bond donors (Lipinski definition) is 0. The maximum absolute atomic E-state index is 6.12. The Morgan fingerprint density at radius 3 is 1.79 bits per heavy atom. The van der Waals surface area contributed by atoms with Gasteiger partial charge in [0.15, 0.2) is 5.82 Å². The summed E-state index contributed by atoms with van der Waals surface area (Å²) < 4.78 is 6.12. The first-order valence-corrected chi connectivity index (χ1v) is 14.3. The first-order valence-electron chi connectivity index (χ1n) is 14.3. The molecule has 0 atom stereocenters. The van der Waals surface area contributed by atoms with Crippen molar-refractivity contribution in [1.82, 2.24) is 15.0 Å². The summed E-state index contributed by atoms with van der Waals surface area (Å²) in [6.07, 6.45) is 3.57. The third-order valence-corrected chi connectivity index (χ3v) is 7.76. The number of hydrogen-bond acceptors (Lipinski definition) is 4. The van der Waals surface area contributed by atoms with Crippen molar-refractivity contribution in [1.29, 1.82) is 0 Å². The lowest BCUT2D eigenvalue weighted by Gasteiger charge is -2.13. The van der Waals surface area contributed by atoms with Crippen molar-refractivity contribution in [2.45, 2.75) is 0 Å². The molecule has 202 valence electrons. The number of pyridine rings is 1. The summed E-state index contributed by atoms with van der Waals surface area (Å²) in [6, 6.07) is 48.0. The Bertz CT molecular complexity index is 2170. The zero-order valence-electron chi connectivity index (χ0n) is 23.2. The van der Waals surface area contributed by atoms with Crippen LogP contribution in [0.15, 0.2) is 156 Å². The molecule has 0 aliphatic rings. The monoisotopic (exact) mass is 551 g/mol. The van der Waals surface area contributed by atoms with Crippen LogP contribution in [0.25, 0.3) is 78.1 Å². The molecule has 0 amide bonds. The van der Waals surface area contributed by atoms with Crippen LogP contribution in [0.5, 0.6) is 0 Å². The summed E-state index contributed by atoms with van der Waals surface area (Å²) in [6.45, 7) is 0. The Labute approximate surface area is 249 Å². The minimum absolute atomic E-state index is 0.641. The van der Waals surface area contributed by atoms with Crippen LogP contribution in [0.4, 0.5) is 0 Å². The first kappa shape index (κ1) is 24.9. The van der Waals surface area contributed by atoms with Crippen LogP contribution < -0.4 is 0 Å². The Balaban J connectivity index is 1.35. The van der Waals surface area contributed by atoms with Crippen molar-refractivity contribution in [3.05, 3.63) is 152 Å². The number of nitrogens with zero attached hydrogens (tertiary/aromatic N) is 3. The van der Waals surface area contributed by atoms with Gasteiger partial charge in [0.1, 0.15) is 11.2 Å². The smallest absolute Gasteiger partial charge is 0.161 e. The summed E-state index contributed by atoms with van der Waals surface area (Å²) in [5.74, 6) is 0.641. The molecule has 0 saturated heterocycles. The predicted molar refractivity (Wildman–Crippen MR) is 174 cm³/mol. The maximum Gasteiger partial charge on any atom is 0.161 e. The van der Waals surface area contributed by atoms with Crippen LogP contribution in [0.2, 0.25) is 0 Å². The lowest BCUT2D eigenvalue weighted by molar-refractivity contribution is 0.669. The van der Waals surface area contributed by atoms with Crippen LogP contribution in [0.3, 0.4) is 0 Å². The van der Waals surface area contributed by atoms with Gasteiger partial charge in [0, 0.05) is 39.9 Å². The van der Waals surface area contributed by atoms with Gasteiger partial charge in [-0.15, -0.1) is 0 Å². The topological polar surface area (TPSA) is 51.8 Å². The summed E-state index contributed by atoms with van der Waals surface area (Å²) in [5.41, 5.74) is 10.9. The standard InChI is InChI=1S/C39H25N3O/c1-3-10-26(11-4-1)30-20-31(28-17-18-38-34(23-28)33-15-7-8-16-37(33)43-38)22-32(21-30)36-24-35(27-12-5-2-6-13-27)41-39(42-36)29-14-9-19-40-25-29/h1-25H. The van der Waals surface area contributed by atoms with Crippen LogP contribution in [0.1, 0.15) is 0 Å². The van der Waals surface area contributed by atoms with Crippen molar-refractivity contribution in [2.24, 2.45) is 0 Å².